The molecule has 0 aromatic heterocycles. The van der Waals surface area contributed by atoms with Gasteiger partial charge in [0.1, 0.15) is 0 Å². The summed E-state index contributed by atoms with van der Waals surface area (Å²) in [5, 5.41) is 0. The molecule has 2 N–H and O–H groups in total. The average molecular weight is 288 g/mol. The van der Waals surface area contributed by atoms with E-state index in [9.17, 15) is 4.79 Å². The van der Waals surface area contributed by atoms with Gasteiger partial charge in [-0.15, -0.1) is 0 Å². The van der Waals surface area contributed by atoms with Gasteiger partial charge in [-0.1, -0.05) is 12.5 Å². The molecule has 0 saturated carbocycles. The summed E-state index contributed by atoms with van der Waals surface area (Å²) in [6.45, 7) is 2.96. The number of hydrogen-bond acceptors (Lipinski definition) is 4. The monoisotopic (exact) mass is 288 g/mol. The van der Waals surface area contributed by atoms with Crippen LogP contribution in [0.1, 0.15) is 42.5 Å². The van der Waals surface area contributed by atoms with Gasteiger partial charge in [0, 0.05) is 17.6 Å². The predicted octanol–water partition coefficient (Wildman–Crippen LogP) is 2.69. The van der Waals surface area contributed by atoms with Crippen molar-refractivity contribution in [2.45, 2.75) is 38.1 Å². The molecule has 21 heavy (non-hydrogen) atoms. The Morgan fingerprint density at radius 2 is 2.10 bits per heavy atom. The lowest BCUT2D eigenvalue weighted by molar-refractivity contribution is 0.00739. The molecule has 0 radical (unpaired) electrons. The van der Waals surface area contributed by atoms with Gasteiger partial charge in [0.05, 0.1) is 12.2 Å². The molecular formula is C17H24N2O2. The summed E-state index contributed by atoms with van der Waals surface area (Å²) in [7, 11) is 0. The van der Waals surface area contributed by atoms with Crippen molar-refractivity contribution in [3.8, 4) is 0 Å². The molecule has 0 amide bonds. The number of carbonyl (C=O) groups excluding carboxylic acids is 1. The Balaban J connectivity index is 1.57. The number of ether oxygens (including phenoxy) is 1. The molecule has 0 bridgehead atoms. The van der Waals surface area contributed by atoms with E-state index in [0.29, 0.717) is 29.8 Å². The molecule has 2 aliphatic heterocycles. The van der Waals surface area contributed by atoms with Crippen LogP contribution in [-0.2, 0) is 4.74 Å². The third-order valence-electron chi connectivity index (χ3n) is 4.78. The molecule has 4 nitrogen and oxygen atoms in total. The second-order valence-electron chi connectivity index (χ2n) is 6.23. The first-order valence-electron chi connectivity index (χ1n) is 8.01. The van der Waals surface area contributed by atoms with Crippen molar-refractivity contribution in [1.29, 1.82) is 0 Å². The second-order valence-corrected chi connectivity index (χ2v) is 6.23. The van der Waals surface area contributed by atoms with Crippen molar-refractivity contribution in [3.05, 3.63) is 29.8 Å². The van der Waals surface area contributed by atoms with E-state index < -0.39 is 0 Å². The van der Waals surface area contributed by atoms with Gasteiger partial charge in [0.25, 0.3) is 0 Å². The highest BCUT2D eigenvalue weighted by molar-refractivity contribution is 5.90. The number of rotatable bonds is 3. The minimum Gasteiger partial charge on any atom is -0.462 e. The molecule has 114 valence electrons. The number of esters is 1. The lowest BCUT2D eigenvalue weighted by atomic mass is 9.84. The number of piperidine rings is 2. The zero-order valence-electron chi connectivity index (χ0n) is 12.5. The molecule has 2 heterocycles. The fraction of sp³-hybridized carbons (Fsp3) is 0.588. The molecule has 2 atom stereocenters. The van der Waals surface area contributed by atoms with Gasteiger partial charge >= 0.3 is 5.97 Å². The maximum atomic E-state index is 12.1. The van der Waals surface area contributed by atoms with E-state index >= 15 is 0 Å². The van der Waals surface area contributed by atoms with Gasteiger partial charge in [-0.2, -0.15) is 0 Å². The Morgan fingerprint density at radius 1 is 1.24 bits per heavy atom. The molecular weight excluding hydrogens is 264 g/mol. The van der Waals surface area contributed by atoms with Gasteiger partial charge in [-0.3, -0.25) is 4.90 Å². The molecule has 0 aliphatic carbocycles. The van der Waals surface area contributed by atoms with Crippen molar-refractivity contribution in [1.82, 2.24) is 4.90 Å². The van der Waals surface area contributed by atoms with E-state index in [2.05, 4.69) is 4.90 Å². The number of nitrogens with zero attached hydrogens (tertiary/aromatic N) is 1. The van der Waals surface area contributed by atoms with Crippen molar-refractivity contribution >= 4 is 11.7 Å². The Kier molecular flexibility index (Phi) is 4.44. The summed E-state index contributed by atoms with van der Waals surface area (Å²) < 4.78 is 5.55. The number of nitrogens with two attached hydrogens (primary N) is 1. The molecule has 1 aromatic carbocycles. The Hall–Kier alpha value is -1.55. The van der Waals surface area contributed by atoms with Crippen LogP contribution < -0.4 is 5.73 Å². The number of fused-ring (bicyclic) bond motifs is 1. The lowest BCUT2D eigenvalue weighted by Gasteiger charge is -2.44. The highest BCUT2D eigenvalue weighted by Crippen LogP contribution is 2.31. The van der Waals surface area contributed by atoms with Gasteiger partial charge in [0.2, 0.25) is 0 Å². The molecule has 2 saturated heterocycles. The average Bonchev–Trinajstić information content (AvgIpc) is 2.52. The summed E-state index contributed by atoms with van der Waals surface area (Å²) in [4.78, 5) is 14.7. The largest absolute Gasteiger partial charge is 0.462 e. The fourth-order valence-electron chi connectivity index (χ4n) is 3.70. The number of nitrogen functional groups attached to an aromatic ring is 1. The van der Waals surface area contributed by atoms with Gasteiger partial charge in [-0.05, 0) is 57.0 Å². The Bertz CT molecular complexity index is 501. The SMILES string of the molecule is Nc1cccc(C(=O)OCC2CCCN3CCCCC23)c1. The molecule has 4 heteroatoms. The standard InChI is InChI=1S/C17H24N2O2/c18-15-7-3-5-13(11-15)17(20)21-12-14-6-4-10-19-9-2-1-8-16(14)19/h3,5,7,11,14,16H,1-2,4,6,8-10,12,18H2. The molecule has 2 fully saturated rings. The minimum atomic E-state index is -0.254. The second kappa shape index (κ2) is 6.48. The number of hydrogen-bond donors (Lipinski definition) is 1. The van der Waals surface area contributed by atoms with Crippen LogP contribution in [0, 0.1) is 5.92 Å². The van der Waals surface area contributed by atoms with Crippen LogP contribution in [0.4, 0.5) is 5.69 Å². The summed E-state index contributed by atoms with van der Waals surface area (Å²) >= 11 is 0. The van der Waals surface area contributed by atoms with E-state index in [1.807, 2.05) is 0 Å². The van der Waals surface area contributed by atoms with Crippen molar-refractivity contribution < 1.29 is 9.53 Å². The zero-order valence-corrected chi connectivity index (χ0v) is 12.5. The smallest absolute Gasteiger partial charge is 0.338 e. The highest BCUT2D eigenvalue weighted by Gasteiger charge is 2.33. The number of benzene rings is 1. The van der Waals surface area contributed by atoms with Crippen LogP contribution in [0.15, 0.2) is 24.3 Å². The summed E-state index contributed by atoms with van der Waals surface area (Å²) in [5.41, 5.74) is 6.85. The van der Waals surface area contributed by atoms with E-state index in [0.717, 1.165) is 0 Å². The fourth-order valence-corrected chi connectivity index (χ4v) is 3.70. The Labute approximate surface area is 126 Å². The predicted molar refractivity (Wildman–Crippen MR) is 83.1 cm³/mol. The van der Waals surface area contributed by atoms with Crippen LogP contribution in [0.25, 0.3) is 0 Å². The van der Waals surface area contributed by atoms with E-state index in [1.165, 1.54) is 45.2 Å². The normalized spacial score (nSPS) is 26.1. The first-order chi connectivity index (χ1) is 10.2. The topological polar surface area (TPSA) is 55.6 Å². The molecule has 1 aromatic rings. The maximum Gasteiger partial charge on any atom is 0.338 e. The van der Waals surface area contributed by atoms with Crippen LogP contribution in [0.5, 0.6) is 0 Å². The number of anilines is 1. The zero-order chi connectivity index (χ0) is 14.7. The molecule has 2 unspecified atom stereocenters. The van der Waals surface area contributed by atoms with Crippen molar-refractivity contribution in [2.75, 3.05) is 25.4 Å². The third-order valence-corrected chi connectivity index (χ3v) is 4.78. The van der Waals surface area contributed by atoms with Crippen LogP contribution in [0.3, 0.4) is 0 Å². The van der Waals surface area contributed by atoms with Gasteiger partial charge in [-0.25, -0.2) is 4.79 Å². The minimum absolute atomic E-state index is 0.254. The van der Waals surface area contributed by atoms with Crippen molar-refractivity contribution in [2.24, 2.45) is 5.92 Å². The number of carbonyl (C=O) groups is 1. The lowest BCUT2D eigenvalue weighted by Crippen LogP contribution is -2.49. The summed E-state index contributed by atoms with van der Waals surface area (Å²) in [6, 6.07) is 7.61. The maximum absolute atomic E-state index is 12.1. The Morgan fingerprint density at radius 3 is 2.95 bits per heavy atom. The first-order valence-corrected chi connectivity index (χ1v) is 8.01. The third kappa shape index (κ3) is 3.38. The highest BCUT2D eigenvalue weighted by atomic mass is 16.5. The summed E-state index contributed by atoms with van der Waals surface area (Å²) in [5.74, 6) is 0.235. The van der Waals surface area contributed by atoms with Gasteiger partial charge in [0.15, 0.2) is 0 Å². The van der Waals surface area contributed by atoms with Crippen LogP contribution >= 0.6 is 0 Å². The van der Waals surface area contributed by atoms with E-state index in [1.54, 1.807) is 24.3 Å². The quantitative estimate of drug-likeness (QED) is 0.686. The van der Waals surface area contributed by atoms with Crippen LogP contribution in [0.2, 0.25) is 0 Å². The van der Waals surface area contributed by atoms with E-state index in [4.69, 9.17) is 10.5 Å². The first kappa shape index (κ1) is 14.4. The van der Waals surface area contributed by atoms with E-state index in [-0.39, 0.29) is 5.97 Å². The van der Waals surface area contributed by atoms with Gasteiger partial charge < -0.3 is 10.5 Å². The summed E-state index contributed by atoms with van der Waals surface area (Å²) in [6.07, 6.45) is 6.26. The molecule has 3 rings (SSSR count). The van der Waals surface area contributed by atoms with Crippen molar-refractivity contribution in [3.63, 3.8) is 0 Å². The van der Waals surface area contributed by atoms with Crippen LogP contribution in [-0.4, -0.2) is 36.6 Å². The molecule has 2 aliphatic rings. The molecule has 0 spiro atoms.